The summed E-state index contributed by atoms with van der Waals surface area (Å²) in [5, 5.41) is 2.46. The Kier molecular flexibility index (Phi) is 6.27. The smallest absolute Gasteiger partial charge is 0.414 e. The summed E-state index contributed by atoms with van der Waals surface area (Å²) in [4.78, 5) is 36.1. The Balaban J connectivity index is 1.86. The van der Waals surface area contributed by atoms with Crippen LogP contribution in [0.5, 0.6) is 5.75 Å². The average molecular weight is 462 g/mol. The van der Waals surface area contributed by atoms with Crippen molar-refractivity contribution in [1.29, 1.82) is 0 Å². The Morgan fingerprint density at radius 1 is 1.06 bits per heavy atom. The van der Waals surface area contributed by atoms with Gasteiger partial charge in [-0.25, -0.2) is 27.2 Å². The van der Waals surface area contributed by atoms with Gasteiger partial charge in [-0.3, -0.25) is 9.69 Å². The maximum atomic E-state index is 14.5. The largest absolute Gasteiger partial charge is 0.447 e. The number of carbonyl (C=O) groups is 3. The number of esters is 1. The first-order valence-corrected chi connectivity index (χ1v) is 8.76. The molecule has 7 nitrogen and oxygen atoms in total. The Morgan fingerprint density at radius 2 is 1.66 bits per heavy atom. The molecule has 1 atom stereocenters. The first kappa shape index (κ1) is 22.9. The molecule has 1 heterocycles. The van der Waals surface area contributed by atoms with Crippen molar-refractivity contribution in [2.45, 2.75) is 13.0 Å². The fourth-order valence-corrected chi connectivity index (χ4v) is 2.83. The molecule has 0 spiro atoms. The summed E-state index contributed by atoms with van der Waals surface area (Å²) < 4.78 is 90.5. The van der Waals surface area contributed by atoms with E-state index in [1.54, 1.807) is 0 Å². The lowest BCUT2D eigenvalue weighted by atomic mass is 10.1. The molecular formula is C19H12F6N2O5. The van der Waals surface area contributed by atoms with Crippen molar-refractivity contribution in [1.82, 2.24) is 5.32 Å². The highest BCUT2D eigenvalue weighted by Crippen LogP contribution is 2.31. The zero-order valence-electron chi connectivity index (χ0n) is 16.0. The van der Waals surface area contributed by atoms with Crippen LogP contribution in [-0.4, -0.2) is 37.2 Å². The summed E-state index contributed by atoms with van der Waals surface area (Å²) >= 11 is 0. The van der Waals surface area contributed by atoms with E-state index in [9.17, 15) is 40.7 Å². The zero-order chi connectivity index (χ0) is 23.7. The Hall–Kier alpha value is -3.77. The summed E-state index contributed by atoms with van der Waals surface area (Å²) in [6.45, 7) is 1.10. The van der Waals surface area contributed by atoms with Crippen LogP contribution in [0, 0.1) is 34.9 Å². The molecule has 0 aromatic heterocycles. The van der Waals surface area contributed by atoms with Gasteiger partial charge in [-0.05, 0) is 18.2 Å². The topological polar surface area (TPSA) is 84.9 Å². The van der Waals surface area contributed by atoms with Crippen molar-refractivity contribution in [2.75, 3.05) is 18.1 Å². The predicted molar refractivity (Wildman–Crippen MR) is 93.9 cm³/mol. The van der Waals surface area contributed by atoms with Crippen LogP contribution in [0.3, 0.4) is 0 Å². The number of nitrogens with zero attached hydrogens (tertiary/aromatic N) is 1. The van der Waals surface area contributed by atoms with Crippen molar-refractivity contribution in [3.05, 3.63) is 58.7 Å². The summed E-state index contributed by atoms with van der Waals surface area (Å²) in [5.74, 6) is -17.3. The number of nitrogens with one attached hydrogen (secondary N) is 1. The van der Waals surface area contributed by atoms with Crippen LogP contribution in [0.15, 0.2) is 18.2 Å². The van der Waals surface area contributed by atoms with Gasteiger partial charge in [0.15, 0.2) is 0 Å². The normalized spacial score (nSPS) is 15.5. The van der Waals surface area contributed by atoms with Crippen molar-refractivity contribution in [2.24, 2.45) is 0 Å². The number of anilines is 1. The van der Waals surface area contributed by atoms with Gasteiger partial charge in [0.2, 0.25) is 40.7 Å². The van der Waals surface area contributed by atoms with E-state index in [2.05, 4.69) is 10.1 Å². The zero-order valence-corrected chi connectivity index (χ0v) is 16.0. The van der Waals surface area contributed by atoms with Gasteiger partial charge in [0.1, 0.15) is 12.4 Å². The molecule has 0 radical (unpaired) electrons. The molecule has 170 valence electrons. The molecule has 1 aliphatic rings. The molecule has 3 rings (SSSR count). The van der Waals surface area contributed by atoms with Crippen LogP contribution < -0.4 is 15.0 Å². The molecule has 13 heteroatoms. The van der Waals surface area contributed by atoms with Crippen LogP contribution in [0.25, 0.3) is 0 Å². The Bertz CT molecular complexity index is 1100. The van der Waals surface area contributed by atoms with Crippen LogP contribution in [-0.2, 0) is 9.53 Å². The summed E-state index contributed by atoms with van der Waals surface area (Å²) in [5.41, 5.74) is -1.00. The first-order valence-electron chi connectivity index (χ1n) is 8.76. The van der Waals surface area contributed by atoms with Gasteiger partial charge in [0.25, 0.3) is 0 Å². The summed E-state index contributed by atoms with van der Waals surface area (Å²) in [7, 11) is 0. The van der Waals surface area contributed by atoms with Gasteiger partial charge in [0.05, 0.1) is 17.3 Å². The van der Waals surface area contributed by atoms with E-state index in [1.165, 1.54) is 6.92 Å². The van der Waals surface area contributed by atoms with E-state index in [1.807, 2.05) is 0 Å². The lowest BCUT2D eigenvalue weighted by Crippen LogP contribution is -2.42. The SMILES string of the molecule is CC(=O)NCC1COC(=O)N1c1ccc(C(=O)Oc2c(F)c(F)c(F)c(F)c2F)c(F)c1. The van der Waals surface area contributed by atoms with E-state index in [0.29, 0.717) is 6.07 Å². The van der Waals surface area contributed by atoms with Crippen LogP contribution in [0.2, 0.25) is 0 Å². The minimum absolute atomic E-state index is 0.0211. The number of ether oxygens (including phenoxy) is 2. The monoisotopic (exact) mass is 462 g/mol. The number of carbonyl (C=O) groups excluding carboxylic acids is 3. The third-order valence-corrected chi connectivity index (χ3v) is 4.36. The fraction of sp³-hybridized carbons (Fsp3) is 0.211. The van der Waals surface area contributed by atoms with Crippen molar-refractivity contribution >= 4 is 23.7 Å². The number of rotatable bonds is 5. The Labute approximate surface area is 175 Å². The molecular weight excluding hydrogens is 450 g/mol. The molecule has 32 heavy (non-hydrogen) atoms. The minimum atomic E-state index is -2.46. The van der Waals surface area contributed by atoms with Crippen molar-refractivity contribution < 1.29 is 50.2 Å². The van der Waals surface area contributed by atoms with Crippen molar-refractivity contribution in [3.8, 4) is 5.75 Å². The quantitative estimate of drug-likeness (QED) is 0.243. The Morgan fingerprint density at radius 3 is 2.22 bits per heavy atom. The second-order valence-electron chi connectivity index (χ2n) is 6.49. The van der Waals surface area contributed by atoms with Gasteiger partial charge in [0, 0.05) is 13.5 Å². The van der Waals surface area contributed by atoms with Gasteiger partial charge in [-0.1, -0.05) is 0 Å². The van der Waals surface area contributed by atoms with E-state index in [0.717, 1.165) is 17.0 Å². The minimum Gasteiger partial charge on any atom is -0.447 e. The molecule has 0 bridgehead atoms. The predicted octanol–water partition coefficient (Wildman–Crippen LogP) is 3.20. The number of amides is 2. The van der Waals surface area contributed by atoms with Gasteiger partial charge in [-0.15, -0.1) is 0 Å². The molecule has 2 aromatic rings. The highest BCUT2D eigenvalue weighted by atomic mass is 19.2. The van der Waals surface area contributed by atoms with Crippen LogP contribution in [0.1, 0.15) is 17.3 Å². The third kappa shape index (κ3) is 4.18. The lowest BCUT2D eigenvalue weighted by molar-refractivity contribution is -0.119. The van der Waals surface area contributed by atoms with E-state index >= 15 is 0 Å². The molecule has 0 saturated carbocycles. The fourth-order valence-electron chi connectivity index (χ4n) is 2.83. The standard InChI is InChI=1S/C19H12F6N2O5/c1-7(28)26-5-9-6-31-19(30)27(9)8-2-3-10(11(20)4-8)18(29)32-17-15(24)13(22)12(21)14(23)16(17)25/h2-4,9H,5-6H2,1H3,(H,26,28). The highest BCUT2D eigenvalue weighted by Gasteiger charge is 2.35. The molecule has 1 fully saturated rings. The first-order chi connectivity index (χ1) is 15.0. The molecule has 1 saturated heterocycles. The van der Waals surface area contributed by atoms with Crippen LogP contribution >= 0.6 is 0 Å². The number of cyclic esters (lactones) is 1. The van der Waals surface area contributed by atoms with E-state index in [-0.39, 0.29) is 24.7 Å². The highest BCUT2D eigenvalue weighted by molar-refractivity contribution is 5.94. The van der Waals surface area contributed by atoms with Gasteiger partial charge >= 0.3 is 12.1 Å². The number of benzene rings is 2. The lowest BCUT2D eigenvalue weighted by Gasteiger charge is -2.22. The van der Waals surface area contributed by atoms with Gasteiger partial charge in [-0.2, -0.15) is 8.78 Å². The number of hydrogen-bond donors (Lipinski definition) is 1. The number of halogens is 6. The molecule has 1 aliphatic heterocycles. The average Bonchev–Trinajstić information content (AvgIpc) is 3.12. The summed E-state index contributed by atoms with van der Waals surface area (Å²) in [6, 6.07) is 1.84. The summed E-state index contributed by atoms with van der Waals surface area (Å²) in [6.07, 6.45) is -0.864. The third-order valence-electron chi connectivity index (χ3n) is 4.36. The molecule has 1 unspecified atom stereocenters. The number of hydrogen-bond acceptors (Lipinski definition) is 5. The second kappa shape index (κ2) is 8.77. The molecule has 2 amide bonds. The maximum Gasteiger partial charge on any atom is 0.414 e. The van der Waals surface area contributed by atoms with E-state index in [4.69, 9.17) is 4.74 Å². The molecule has 0 aliphatic carbocycles. The maximum absolute atomic E-state index is 14.5. The van der Waals surface area contributed by atoms with Crippen molar-refractivity contribution in [3.63, 3.8) is 0 Å². The van der Waals surface area contributed by atoms with Crippen LogP contribution in [0.4, 0.5) is 36.8 Å². The van der Waals surface area contributed by atoms with Gasteiger partial charge < -0.3 is 14.8 Å². The second-order valence-corrected chi connectivity index (χ2v) is 6.49. The molecule has 2 aromatic carbocycles. The molecule has 1 N–H and O–H groups in total. The van der Waals surface area contributed by atoms with E-state index < -0.39 is 64.3 Å².